The molecule has 0 saturated carbocycles. The summed E-state index contributed by atoms with van der Waals surface area (Å²) in [5.41, 5.74) is 0.264. The largest absolute Gasteiger partial charge is 0.507 e. The van der Waals surface area contributed by atoms with E-state index in [0.717, 1.165) is 76.8 Å². The van der Waals surface area contributed by atoms with Crippen molar-refractivity contribution in [1.29, 1.82) is 0 Å². The number of hydrogen-bond acceptors (Lipinski definition) is 11. The summed E-state index contributed by atoms with van der Waals surface area (Å²) in [5, 5.41) is 20.1. The molecule has 3 aromatic carbocycles. The van der Waals surface area contributed by atoms with E-state index in [4.69, 9.17) is 51.6 Å². The van der Waals surface area contributed by atoms with Gasteiger partial charge in [-0.2, -0.15) is 0 Å². The molecule has 49 heavy (non-hydrogen) atoms. The molecule has 2 heterocycles. The zero-order valence-electron chi connectivity index (χ0n) is 28.2. The van der Waals surface area contributed by atoms with Crippen molar-refractivity contribution in [3.05, 3.63) is 62.1 Å². The van der Waals surface area contributed by atoms with Crippen molar-refractivity contribution in [2.75, 3.05) is 53.2 Å². The number of esters is 2. The molecule has 0 atom stereocenters. The fraction of sp³-hybridized carbons (Fsp3) is 0.429. The molecule has 0 unspecified atom stereocenters. The third kappa shape index (κ3) is 9.34. The van der Waals surface area contributed by atoms with Crippen molar-refractivity contribution in [3.8, 4) is 40.2 Å². The highest BCUT2D eigenvalue weighted by atomic mass is 35.5. The molecule has 2 N–H and O–H groups in total. The third-order valence-electron chi connectivity index (χ3n) is 7.97. The highest BCUT2D eigenvalue weighted by Crippen LogP contribution is 2.52. The van der Waals surface area contributed by atoms with Gasteiger partial charge < -0.3 is 38.6 Å². The van der Waals surface area contributed by atoms with Gasteiger partial charge in [-0.3, -0.25) is 4.90 Å². The standard InChI is InChI=1S/C18H14Cl2O7.C17H27NO3.ClH/c1-5-9-16(11(20)13(22)10(5)19)26-14-6(2)8(17(23)25-4)12(21)7(3)15(14)27-18(9)24;1-2-3-12-20-16-5-7-17(8-6-16)21-13-4-9-18-10-14-19-15-11-18;/h21-22H,1-4H3;5-8H,2-4,9-15H2,1H3;1H. The molecule has 2 aliphatic rings. The molecule has 0 bridgehead atoms. The van der Waals surface area contributed by atoms with Gasteiger partial charge in [0.25, 0.3) is 0 Å². The lowest BCUT2D eigenvalue weighted by Gasteiger charge is -2.26. The Labute approximate surface area is 302 Å². The second-order valence-electron chi connectivity index (χ2n) is 11.3. The Morgan fingerprint density at radius 2 is 1.41 bits per heavy atom. The number of phenols is 2. The van der Waals surface area contributed by atoms with E-state index in [1.807, 2.05) is 24.3 Å². The number of carbonyl (C=O) groups excluding carboxylic acids is 2. The van der Waals surface area contributed by atoms with E-state index in [0.29, 0.717) is 0 Å². The van der Waals surface area contributed by atoms with Gasteiger partial charge in [-0.25, -0.2) is 9.59 Å². The zero-order chi connectivity index (χ0) is 35.0. The highest BCUT2D eigenvalue weighted by molar-refractivity contribution is 6.39. The van der Waals surface area contributed by atoms with E-state index in [1.165, 1.54) is 27.9 Å². The van der Waals surface area contributed by atoms with Crippen LogP contribution < -0.4 is 18.9 Å². The third-order valence-corrected chi connectivity index (χ3v) is 8.79. The van der Waals surface area contributed by atoms with Crippen molar-refractivity contribution in [1.82, 2.24) is 4.90 Å². The Balaban J connectivity index is 0.000000268. The van der Waals surface area contributed by atoms with Gasteiger partial charge in [0, 0.05) is 30.8 Å². The number of morpholine rings is 1. The van der Waals surface area contributed by atoms with Gasteiger partial charge in [-0.1, -0.05) is 36.5 Å². The lowest BCUT2D eigenvalue weighted by Crippen LogP contribution is -2.37. The minimum atomic E-state index is -0.835. The van der Waals surface area contributed by atoms with Gasteiger partial charge in [0.2, 0.25) is 0 Å². The number of benzene rings is 3. The lowest BCUT2D eigenvalue weighted by atomic mass is 10.0. The maximum absolute atomic E-state index is 12.7. The van der Waals surface area contributed by atoms with E-state index in [9.17, 15) is 19.8 Å². The predicted octanol–water partition coefficient (Wildman–Crippen LogP) is 7.83. The Morgan fingerprint density at radius 3 is 1.98 bits per heavy atom. The zero-order valence-corrected chi connectivity index (χ0v) is 30.5. The van der Waals surface area contributed by atoms with Crippen LogP contribution in [0.1, 0.15) is 63.6 Å². The second-order valence-corrected chi connectivity index (χ2v) is 12.0. The fourth-order valence-corrected chi connectivity index (χ4v) is 5.62. The smallest absolute Gasteiger partial charge is 0.347 e. The van der Waals surface area contributed by atoms with Crippen LogP contribution in [-0.4, -0.2) is 80.2 Å². The van der Waals surface area contributed by atoms with E-state index in [1.54, 1.807) is 0 Å². The fourth-order valence-electron chi connectivity index (χ4n) is 5.15. The number of ether oxygens (including phenoxy) is 6. The monoisotopic (exact) mass is 741 g/mol. The van der Waals surface area contributed by atoms with Crippen LogP contribution in [0.5, 0.6) is 40.2 Å². The number of aromatic hydroxyl groups is 2. The van der Waals surface area contributed by atoms with Crippen LogP contribution in [0, 0.1) is 20.8 Å². The number of carbonyl (C=O) groups is 2. The van der Waals surface area contributed by atoms with Crippen molar-refractivity contribution in [2.24, 2.45) is 0 Å². The minimum absolute atomic E-state index is 0. The molecule has 1 fully saturated rings. The first-order valence-electron chi connectivity index (χ1n) is 15.7. The number of hydrogen-bond donors (Lipinski definition) is 2. The molecule has 0 amide bonds. The van der Waals surface area contributed by atoms with Gasteiger partial charge in [0.05, 0.1) is 38.6 Å². The number of nitrogens with zero attached hydrogens (tertiary/aromatic N) is 1. The molecule has 14 heteroatoms. The molecule has 2 aliphatic heterocycles. The first kappa shape index (κ1) is 39.8. The molecule has 0 radical (unpaired) electrons. The van der Waals surface area contributed by atoms with Crippen molar-refractivity contribution >= 4 is 47.5 Å². The molecule has 5 rings (SSSR count). The predicted molar refractivity (Wildman–Crippen MR) is 188 cm³/mol. The molecule has 0 spiro atoms. The molecule has 0 aliphatic carbocycles. The normalized spacial score (nSPS) is 13.7. The summed E-state index contributed by atoms with van der Waals surface area (Å²) in [6, 6.07) is 7.92. The molecule has 1 saturated heterocycles. The van der Waals surface area contributed by atoms with E-state index >= 15 is 0 Å². The van der Waals surface area contributed by atoms with Crippen LogP contribution in [0.4, 0.5) is 0 Å². The number of rotatable bonds is 10. The molecular weight excluding hydrogens is 701 g/mol. The number of phenolic OH excluding ortho intramolecular Hbond substituents is 2. The Bertz CT molecular complexity index is 1630. The average Bonchev–Trinajstić information content (AvgIpc) is 3.25. The summed E-state index contributed by atoms with van der Waals surface area (Å²) in [7, 11) is 1.17. The summed E-state index contributed by atoms with van der Waals surface area (Å²) in [6.45, 7) is 13.0. The first-order valence-corrected chi connectivity index (χ1v) is 16.5. The second kappa shape index (κ2) is 18.4. The highest BCUT2D eigenvalue weighted by Gasteiger charge is 2.35. The van der Waals surface area contributed by atoms with E-state index < -0.39 is 23.4 Å². The Kier molecular flexibility index (Phi) is 15.0. The molecule has 268 valence electrons. The van der Waals surface area contributed by atoms with Gasteiger partial charge in [0.15, 0.2) is 23.0 Å². The maximum atomic E-state index is 12.7. The molecule has 11 nitrogen and oxygen atoms in total. The number of methoxy groups -OCH3 is 1. The van der Waals surface area contributed by atoms with Crippen LogP contribution in [0.2, 0.25) is 10.0 Å². The summed E-state index contributed by atoms with van der Waals surface area (Å²) in [4.78, 5) is 27.2. The lowest BCUT2D eigenvalue weighted by molar-refractivity contribution is 0.0358. The number of fused-ring (bicyclic) bond motifs is 2. The Morgan fingerprint density at radius 1 is 0.837 bits per heavy atom. The van der Waals surface area contributed by atoms with Crippen molar-refractivity contribution in [3.63, 3.8) is 0 Å². The Hall–Kier alpha value is -3.61. The van der Waals surface area contributed by atoms with Crippen molar-refractivity contribution < 1.29 is 48.2 Å². The van der Waals surface area contributed by atoms with Gasteiger partial charge in [-0.15, -0.1) is 12.4 Å². The topological polar surface area (TPSA) is 133 Å². The number of unbranched alkanes of at least 4 members (excludes halogenated alkanes) is 1. The van der Waals surface area contributed by atoms with Crippen LogP contribution in [0.3, 0.4) is 0 Å². The quantitative estimate of drug-likeness (QED) is 0.120. The maximum Gasteiger partial charge on any atom is 0.347 e. The van der Waals surface area contributed by atoms with Gasteiger partial charge in [-0.05, 0) is 63.4 Å². The van der Waals surface area contributed by atoms with Crippen LogP contribution in [-0.2, 0) is 9.47 Å². The van der Waals surface area contributed by atoms with Crippen LogP contribution in [0.25, 0.3) is 0 Å². The van der Waals surface area contributed by atoms with E-state index in [-0.39, 0.29) is 67.5 Å². The summed E-state index contributed by atoms with van der Waals surface area (Å²) in [5.74, 6) is -0.899. The first-order chi connectivity index (χ1) is 23.0. The molecule has 3 aromatic rings. The minimum Gasteiger partial charge on any atom is -0.507 e. The number of halogens is 3. The van der Waals surface area contributed by atoms with Crippen LogP contribution in [0.15, 0.2) is 24.3 Å². The molecular formula is C35H42Cl3NO10. The van der Waals surface area contributed by atoms with Crippen molar-refractivity contribution in [2.45, 2.75) is 47.0 Å². The summed E-state index contributed by atoms with van der Waals surface area (Å²) >= 11 is 12.2. The molecule has 0 aromatic heterocycles. The average molecular weight is 743 g/mol. The van der Waals surface area contributed by atoms with E-state index in [2.05, 4.69) is 11.8 Å². The van der Waals surface area contributed by atoms with Crippen LogP contribution >= 0.6 is 35.6 Å². The summed E-state index contributed by atoms with van der Waals surface area (Å²) in [6.07, 6.45) is 3.30. The summed E-state index contributed by atoms with van der Waals surface area (Å²) < 4.78 is 32.6. The van der Waals surface area contributed by atoms with Gasteiger partial charge in [0.1, 0.15) is 33.4 Å². The van der Waals surface area contributed by atoms with Gasteiger partial charge >= 0.3 is 11.9 Å². The SMILES string of the molecule is CCCCOc1ccc(OCCCN2CCOCC2)cc1.COC(=O)c1c(C)c2c(c(C)c1O)OC(=O)c1c(C)c(Cl)c(O)c(Cl)c1O2.Cl.